The average molecular weight is 235 g/mol. The van der Waals surface area contributed by atoms with E-state index in [0.29, 0.717) is 12.8 Å². The zero-order valence-corrected chi connectivity index (χ0v) is 9.62. The summed E-state index contributed by atoms with van der Waals surface area (Å²) in [5.41, 5.74) is 1.13. The third-order valence-electron chi connectivity index (χ3n) is 3.08. The molecule has 1 aliphatic rings. The second-order valence-electron chi connectivity index (χ2n) is 4.42. The Labute approximate surface area is 100 Å². The molecule has 4 heteroatoms. The minimum atomic E-state index is -0.796. The Balaban J connectivity index is 1.82. The van der Waals surface area contributed by atoms with Crippen molar-refractivity contribution in [3.63, 3.8) is 0 Å². The summed E-state index contributed by atoms with van der Waals surface area (Å²) in [6, 6.07) is 9.81. The molecule has 2 unspecified atom stereocenters. The van der Waals surface area contributed by atoms with Gasteiger partial charge >= 0.3 is 0 Å². The van der Waals surface area contributed by atoms with Crippen LogP contribution >= 0.6 is 0 Å². The molecule has 1 aromatic carbocycles. The van der Waals surface area contributed by atoms with E-state index in [4.69, 9.17) is 0 Å². The highest BCUT2D eigenvalue weighted by Gasteiger charge is 2.31. The van der Waals surface area contributed by atoms with Crippen LogP contribution in [0.1, 0.15) is 12.0 Å². The molecule has 0 radical (unpaired) electrons. The number of aliphatic hydroxyl groups is 2. The van der Waals surface area contributed by atoms with Gasteiger partial charge in [0, 0.05) is 19.5 Å². The smallest absolute Gasteiger partial charge is 0.223 e. The largest absolute Gasteiger partial charge is 0.388 e. The number of nitrogens with zero attached hydrogens (tertiary/aromatic N) is 1. The summed E-state index contributed by atoms with van der Waals surface area (Å²) in [7, 11) is 0. The first-order chi connectivity index (χ1) is 8.16. The van der Waals surface area contributed by atoms with Crippen LogP contribution in [-0.4, -0.2) is 46.3 Å². The van der Waals surface area contributed by atoms with E-state index in [0.717, 1.165) is 5.56 Å². The van der Waals surface area contributed by atoms with Crippen LogP contribution in [0.25, 0.3) is 0 Å². The molecular formula is C13H17NO3. The van der Waals surface area contributed by atoms with Gasteiger partial charge in [-0.15, -0.1) is 0 Å². The molecule has 1 fully saturated rings. The number of carbonyl (C=O) groups is 1. The Morgan fingerprint density at radius 1 is 1.18 bits per heavy atom. The molecule has 1 saturated heterocycles. The van der Waals surface area contributed by atoms with Crippen LogP contribution in [0.15, 0.2) is 30.3 Å². The number of amides is 1. The zero-order chi connectivity index (χ0) is 12.3. The molecule has 1 aliphatic heterocycles. The third-order valence-corrected chi connectivity index (χ3v) is 3.08. The molecule has 92 valence electrons. The maximum Gasteiger partial charge on any atom is 0.223 e. The Morgan fingerprint density at radius 2 is 1.76 bits per heavy atom. The first-order valence-corrected chi connectivity index (χ1v) is 5.84. The number of likely N-dealkylation sites (tertiary alicyclic amines) is 1. The lowest BCUT2D eigenvalue weighted by Crippen LogP contribution is -2.29. The van der Waals surface area contributed by atoms with Gasteiger partial charge in [-0.1, -0.05) is 30.3 Å². The average Bonchev–Trinajstić information content (AvgIpc) is 2.68. The molecule has 1 aromatic rings. The number of benzene rings is 1. The zero-order valence-electron chi connectivity index (χ0n) is 9.62. The standard InChI is InChI=1S/C13H17NO3/c15-11-8-14(9-12(11)16)13(17)7-6-10-4-2-1-3-5-10/h1-5,11-12,15-16H,6-9H2. The van der Waals surface area contributed by atoms with Crippen molar-refractivity contribution in [1.82, 2.24) is 4.90 Å². The summed E-state index contributed by atoms with van der Waals surface area (Å²) in [6.07, 6.45) is -0.474. The summed E-state index contributed by atoms with van der Waals surface area (Å²) in [5, 5.41) is 18.7. The fourth-order valence-corrected chi connectivity index (χ4v) is 2.03. The highest BCUT2D eigenvalue weighted by atomic mass is 16.3. The molecule has 0 aliphatic carbocycles. The second-order valence-corrected chi connectivity index (χ2v) is 4.42. The molecule has 2 N–H and O–H groups in total. The molecule has 0 aromatic heterocycles. The van der Waals surface area contributed by atoms with E-state index < -0.39 is 12.2 Å². The van der Waals surface area contributed by atoms with Gasteiger partial charge in [-0.2, -0.15) is 0 Å². The predicted octanol–water partition coefficient (Wildman–Crippen LogP) is 0.183. The number of rotatable bonds is 3. The molecule has 2 rings (SSSR count). The van der Waals surface area contributed by atoms with E-state index in [1.807, 2.05) is 30.3 Å². The maximum atomic E-state index is 11.8. The fraction of sp³-hybridized carbons (Fsp3) is 0.462. The van der Waals surface area contributed by atoms with Crippen molar-refractivity contribution >= 4 is 5.91 Å². The van der Waals surface area contributed by atoms with E-state index in [9.17, 15) is 15.0 Å². The normalized spacial score (nSPS) is 24.0. The van der Waals surface area contributed by atoms with Crippen LogP contribution in [0, 0.1) is 0 Å². The highest BCUT2D eigenvalue weighted by molar-refractivity contribution is 5.76. The van der Waals surface area contributed by atoms with Crippen molar-refractivity contribution in [1.29, 1.82) is 0 Å². The second kappa shape index (κ2) is 5.29. The lowest BCUT2D eigenvalue weighted by Gasteiger charge is -2.15. The van der Waals surface area contributed by atoms with Crippen LogP contribution in [0.5, 0.6) is 0 Å². The number of β-amino-alcohol motifs (C(OH)–C–C–N with tert-alkyl or cyclic N) is 2. The molecule has 4 nitrogen and oxygen atoms in total. The summed E-state index contributed by atoms with van der Waals surface area (Å²) < 4.78 is 0. The van der Waals surface area contributed by atoms with Gasteiger partial charge in [0.25, 0.3) is 0 Å². The molecule has 1 heterocycles. The molecule has 2 atom stereocenters. The molecule has 17 heavy (non-hydrogen) atoms. The SMILES string of the molecule is O=C(CCc1ccccc1)N1CC(O)C(O)C1. The number of hydrogen-bond donors (Lipinski definition) is 2. The summed E-state index contributed by atoms with van der Waals surface area (Å²) in [6.45, 7) is 0.490. The molecule has 0 spiro atoms. The van der Waals surface area contributed by atoms with Crippen LogP contribution < -0.4 is 0 Å². The minimum Gasteiger partial charge on any atom is -0.388 e. The van der Waals surface area contributed by atoms with E-state index in [1.54, 1.807) is 0 Å². The molecule has 0 saturated carbocycles. The van der Waals surface area contributed by atoms with Gasteiger partial charge in [0.2, 0.25) is 5.91 Å². The first-order valence-electron chi connectivity index (χ1n) is 5.84. The van der Waals surface area contributed by atoms with Crippen molar-refractivity contribution in [3.8, 4) is 0 Å². The number of carbonyl (C=O) groups excluding carboxylic acids is 1. The summed E-state index contributed by atoms with van der Waals surface area (Å²) in [4.78, 5) is 13.3. The number of aliphatic hydroxyl groups excluding tert-OH is 2. The van der Waals surface area contributed by atoms with Gasteiger partial charge in [-0.05, 0) is 12.0 Å². The van der Waals surface area contributed by atoms with Crippen molar-refractivity contribution in [3.05, 3.63) is 35.9 Å². The topological polar surface area (TPSA) is 60.8 Å². The third kappa shape index (κ3) is 3.05. The van der Waals surface area contributed by atoms with E-state index in [1.165, 1.54) is 4.90 Å². The van der Waals surface area contributed by atoms with Gasteiger partial charge in [-0.25, -0.2) is 0 Å². The minimum absolute atomic E-state index is 0.00977. The number of aryl methyl sites for hydroxylation is 1. The van der Waals surface area contributed by atoms with E-state index in [2.05, 4.69) is 0 Å². The van der Waals surface area contributed by atoms with Crippen LogP contribution in [-0.2, 0) is 11.2 Å². The predicted molar refractivity (Wildman–Crippen MR) is 63.4 cm³/mol. The lowest BCUT2D eigenvalue weighted by molar-refractivity contribution is -0.130. The Morgan fingerprint density at radius 3 is 2.35 bits per heavy atom. The molecule has 0 bridgehead atoms. The van der Waals surface area contributed by atoms with Gasteiger partial charge < -0.3 is 15.1 Å². The van der Waals surface area contributed by atoms with Crippen LogP contribution in [0.4, 0.5) is 0 Å². The van der Waals surface area contributed by atoms with Crippen molar-refractivity contribution in [2.45, 2.75) is 25.0 Å². The van der Waals surface area contributed by atoms with E-state index in [-0.39, 0.29) is 19.0 Å². The summed E-state index contributed by atoms with van der Waals surface area (Å²) in [5.74, 6) is -0.00977. The number of hydrogen-bond acceptors (Lipinski definition) is 3. The van der Waals surface area contributed by atoms with Crippen molar-refractivity contribution in [2.75, 3.05) is 13.1 Å². The monoisotopic (exact) mass is 235 g/mol. The van der Waals surface area contributed by atoms with Crippen LogP contribution in [0.3, 0.4) is 0 Å². The van der Waals surface area contributed by atoms with Crippen molar-refractivity contribution in [2.24, 2.45) is 0 Å². The van der Waals surface area contributed by atoms with Gasteiger partial charge in [0.05, 0.1) is 12.2 Å². The Bertz CT molecular complexity index is 370. The quantitative estimate of drug-likeness (QED) is 0.786. The van der Waals surface area contributed by atoms with Crippen molar-refractivity contribution < 1.29 is 15.0 Å². The highest BCUT2D eigenvalue weighted by Crippen LogP contribution is 2.12. The van der Waals surface area contributed by atoms with Gasteiger partial charge in [0.1, 0.15) is 0 Å². The summed E-state index contributed by atoms with van der Waals surface area (Å²) >= 11 is 0. The van der Waals surface area contributed by atoms with Gasteiger partial charge in [0.15, 0.2) is 0 Å². The fourth-order valence-electron chi connectivity index (χ4n) is 2.03. The Kier molecular flexibility index (Phi) is 3.76. The molecule has 1 amide bonds. The maximum absolute atomic E-state index is 11.8. The Hall–Kier alpha value is -1.39. The lowest BCUT2D eigenvalue weighted by atomic mass is 10.1. The first kappa shape index (κ1) is 12.1. The molecular weight excluding hydrogens is 218 g/mol. The van der Waals surface area contributed by atoms with Crippen LogP contribution in [0.2, 0.25) is 0 Å². The van der Waals surface area contributed by atoms with E-state index >= 15 is 0 Å². The van der Waals surface area contributed by atoms with Gasteiger partial charge in [-0.3, -0.25) is 4.79 Å².